The number of rotatable bonds is 6. The summed E-state index contributed by atoms with van der Waals surface area (Å²) in [4.78, 5) is 36.1. The van der Waals surface area contributed by atoms with E-state index in [1.807, 2.05) is 18.3 Å². The van der Waals surface area contributed by atoms with E-state index in [0.29, 0.717) is 17.4 Å². The highest BCUT2D eigenvalue weighted by molar-refractivity contribution is 5.94. The number of allylic oxidation sites excluding steroid dienone is 1. The van der Waals surface area contributed by atoms with Gasteiger partial charge in [-0.1, -0.05) is 6.92 Å². The number of nitrogens with one attached hydrogen (secondary N) is 1. The van der Waals surface area contributed by atoms with Crippen molar-refractivity contribution < 1.29 is 9.53 Å². The Morgan fingerprint density at radius 2 is 2.00 bits per heavy atom. The number of likely N-dealkylation sites (tertiary alicyclic amines) is 1. The normalized spacial score (nSPS) is 18.4. The highest BCUT2D eigenvalue weighted by Crippen LogP contribution is 2.40. The number of aryl methyl sites for hydroxylation is 1. The van der Waals surface area contributed by atoms with Gasteiger partial charge in [-0.15, -0.1) is 0 Å². The van der Waals surface area contributed by atoms with E-state index in [1.54, 1.807) is 6.20 Å². The number of nitrogens with zero attached hydrogens (tertiary/aromatic N) is 6. The number of aromatic nitrogens is 5. The summed E-state index contributed by atoms with van der Waals surface area (Å²) in [5.41, 5.74) is 5.94. The molecule has 9 nitrogen and oxygen atoms in total. The highest BCUT2D eigenvalue weighted by atomic mass is 16.5. The average molecular weight is 536 g/mol. The zero-order valence-corrected chi connectivity index (χ0v) is 22.9. The monoisotopic (exact) mass is 535 g/mol. The first-order chi connectivity index (χ1) is 19.6. The first kappa shape index (κ1) is 24.7. The van der Waals surface area contributed by atoms with Crippen molar-refractivity contribution in [3.63, 3.8) is 0 Å². The Balaban J connectivity index is 1.12. The van der Waals surface area contributed by atoms with Gasteiger partial charge in [-0.05, 0) is 68.4 Å². The van der Waals surface area contributed by atoms with E-state index in [9.17, 15) is 4.79 Å². The third kappa shape index (κ3) is 4.59. The minimum atomic E-state index is 0.183. The van der Waals surface area contributed by atoms with E-state index in [0.717, 1.165) is 90.3 Å². The summed E-state index contributed by atoms with van der Waals surface area (Å²) in [6, 6.07) is 8.22. The molecule has 0 radical (unpaired) electrons. The average Bonchev–Trinajstić information content (AvgIpc) is 3.67. The Labute approximate surface area is 232 Å². The zero-order valence-electron chi connectivity index (χ0n) is 22.9. The van der Waals surface area contributed by atoms with Gasteiger partial charge in [0, 0.05) is 56.0 Å². The SMILES string of the molecule is CCC1=CN=C(N2CCC(n3c(C=O)nc4ncccc43)CC2)C=C(Oc2cc(C)c3nc(C4CC4)[nH]c3c2)C1. The van der Waals surface area contributed by atoms with Gasteiger partial charge in [0.1, 0.15) is 23.2 Å². The highest BCUT2D eigenvalue weighted by Gasteiger charge is 2.28. The maximum absolute atomic E-state index is 11.8. The van der Waals surface area contributed by atoms with E-state index >= 15 is 0 Å². The maximum atomic E-state index is 11.8. The summed E-state index contributed by atoms with van der Waals surface area (Å²) < 4.78 is 8.59. The van der Waals surface area contributed by atoms with Gasteiger partial charge < -0.3 is 19.2 Å². The van der Waals surface area contributed by atoms with E-state index < -0.39 is 0 Å². The molecule has 40 heavy (non-hydrogen) atoms. The van der Waals surface area contributed by atoms with Crippen molar-refractivity contribution in [3.8, 4) is 5.75 Å². The number of aldehydes is 1. The molecule has 1 saturated carbocycles. The second-order valence-electron chi connectivity index (χ2n) is 11.1. The van der Waals surface area contributed by atoms with Gasteiger partial charge in [0.2, 0.25) is 0 Å². The molecule has 0 bridgehead atoms. The Morgan fingerprint density at radius 1 is 1.15 bits per heavy atom. The van der Waals surface area contributed by atoms with Crippen LogP contribution in [0.15, 0.2) is 59.1 Å². The number of amidine groups is 1. The van der Waals surface area contributed by atoms with Crippen molar-refractivity contribution in [1.82, 2.24) is 29.4 Å². The smallest absolute Gasteiger partial charge is 0.185 e. The second kappa shape index (κ2) is 10.0. The van der Waals surface area contributed by atoms with E-state index in [-0.39, 0.29) is 6.04 Å². The molecule has 1 aromatic carbocycles. The topological polar surface area (TPSA) is 101 Å². The van der Waals surface area contributed by atoms with Crippen LogP contribution < -0.4 is 4.74 Å². The Kier molecular flexibility index (Phi) is 6.21. The van der Waals surface area contributed by atoms with Crippen LogP contribution in [0.3, 0.4) is 0 Å². The lowest BCUT2D eigenvalue weighted by Gasteiger charge is -2.34. The standard InChI is InChI=1S/C31H33N7O2/c1-3-20-14-24(40-23-13-19(2)29-25(15-23)34-30(36-29)21-6-7-21)16-27(33-17-20)37-11-8-22(9-12-37)38-26-5-4-10-32-31(26)35-28(38)18-39/h4-5,10,13,15-18,21-22H,3,6-9,11-12,14H2,1-2H3,(H,34,36). The van der Waals surface area contributed by atoms with Crippen LogP contribution in [0.1, 0.15) is 79.4 Å². The molecule has 204 valence electrons. The third-order valence-electron chi connectivity index (χ3n) is 8.26. The Bertz CT molecular complexity index is 1700. The van der Waals surface area contributed by atoms with Crippen LogP contribution in [-0.2, 0) is 0 Å². The summed E-state index contributed by atoms with van der Waals surface area (Å²) in [6.07, 6.45) is 12.5. The van der Waals surface area contributed by atoms with E-state index in [4.69, 9.17) is 14.7 Å². The van der Waals surface area contributed by atoms with Crippen molar-refractivity contribution in [1.29, 1.82) is 0 Å². The second-order valence-corrected chi connectivity index (χ2v) is 11.1. The van der Waals surface area contributed by atoms with Crippen molar-refractivity contribution in [2.75, 3.05) is 13.1 Å². The molecule has 1 aliphatic carbocycles. The lowest BCUT2D eigenvalue weighted by Crippen LogP contribution is -2.38. The largest absolute Gasteiger partial charge is 0.461 e. The summed E-state index contributed by atoms with van der Waals surface area (Å²) in [5, 5.41) is 0. The molecule has 0 unspecified atom stereocenters. The minimum Gasteiger partial charge on any atom is -0.461 e. The first-order valence-electron chi connectivity index (χ1n) is 14.3. The molecule has 3 aliphatic rings. The molecule has 3 aromatic heterocycles. The predicted octanol–water partition coefficient (Wildman–Crippen LogP) is 6.00. The third-order valence-corrected chi connectivity index (χ3v) is 8.26. The van der Waals surface area contributed by atoms with Gasteiger partial charge >= 0.3 is 0 Å². The fourth-order valence-electron chi connectivity index (χ4n) is 5.92. The van der Waals surface area contributed by atoms with Crippen molar-refractivity contribution in [2.45, 2.75) is 64.3 Å². The first-order valence-corrected chi connectivity index (χ1v) is 14.3. The van der Waals surface area contributed by atoms with Gasteiger partial charge in [-0.25, -0.2) is 19.9 Å². The zero-order chi connectivity index (χ0) is 27.2. The van der Waals surface area contributed by atoms with Crippen LogP contribution in [0, 0.1) is 6.92 Å². The van der Waals surface area contributed by atoms with Gasteiger partial charge in [-0.2, -0.15) is 0 Å². The van der Waals surface area contributed by atoms with Gasteiger partial charge in [0.05, 0.1) is 16.6 Å². The summed E-state index contributed by atoms with van der Waals surface area (Å²) >= 11 is 0. The number of hydrogen-bond donors (Lipinski definition) is 1. The van der Waals surface area contributed by atoms with Gasteiger partial charge in [-0.3, -0.25) is 4.79 Å². The van der Waals surface area contributed by atoms with Crippen LogP contribution in [0.25, 0.3) is 22.2 Å². The molecule has 0 amide bonds. The van der Waals surface area contributed by atoms with Gasteiger partial charge in [0.15, 0.2) is 17.8 Å². The molecule has 1 saturated heterocycles. The molecule has 0 spiro atoms. The fraction of sp³-hybridized carbons (Fsp3) is 0.387. The number of ether oxygens (including phenoxy) is 1. The van der Waals surface area contributed by atoms with Crippen molar-refractivity contribution >= 4 is 34.3 Å². The number of benzene rings is 1. The molecule has 2 aliphatic heterocycles. The van der Waals surface area contributed by atoms with Crippen LogP contribution in [-0.4, -0.2) is 54.6 Å². The summed E-state index contributed by atoms with van der Waals surface area (Å²) in [6.45, 7) is 5.90. The number of hydrogen-bond acceptors (Lipinski definition) is 7. The Hall–Kier alpha value is -4.27. The molecular weight excluding hydrogens is 502 g/mol. The number of imidazole rings is 2. The molecular formula is C31H33N7O2. The van der Waals surface area contributed by atoms with Crippen LogP contribution in [0.5, 0.6) is 5.75 Å². The number of pyridine rings is 1. The minimum absolute atomic E-state index is 0.183. The van der Waals surface area contributed by atoms with E-state index in [2.05, 4.69) is 56.5 Å². The molecule has 9 heteroatoms. The number of H-pyrrole nitrogens is 1. The van der Waals surface area contributed by atoms with E-state index in [1.165, 1.54) is 18.4 Å². The molecule has 7 rings (SSSR count). The quantitative estimate of drug-likeness (QED) is 0.304. The fourth-order valence-corrected chi connectivity index (χ4v) is 5.92. The van der Waals surface area contributed by atoms with Crippen LogP contribution in [0.2, 0.25) is 0 Å². The molecule has 5 heterocycles. The predicted molar refractivity (Wildman–Crippen MR) is 155 cm³/mol. The number of piperidine rings is 1. The number of aromatic amines is 1. The molecule has 4 aromatic rings. The number of carbonyl (C=O) groups is 1. The van der Waals surface area contributed by atoms with Crippen LogP contribution in [0.4, 0.5) is 0 Å². The lowest BCUT2D eigenvalue weighted by atomic mass is 10.0. The number of fused-ring (bicyclic) bond motifs is 2. The Morgan fingerprint density at radius 3 is 2.77 bits per heavy atom. The van der Waals surface area contributed by atoms with Gasteiger partial charge in [0.25, 0.3) is 0 Å². The molecule has 0 atom stereocenters. The van der Waals surface area contributed by atoms with Crippen molar-refractivity contribution in [3.05, 3.63) is 71.3 Å². The van der Waals surface area contributed by atoms with Crippen molar-refractivity contribution in [2.24, 2.45) is 4.99 Å². The number of carbonyl (C=O) groups excluding carboxylic acids is 1. The molecule has 2 fully saturated rings. The summed E-state index contributed by atoms with van der Waals surface area (Å²) in [5.74, 6) is 4.74. The van der Waals surface area contributed by atoms with Crippen LogP contribution >= 0.6 is 0 Å². The lowest BCUT2D eigenvalue weighted by molar-refractivity contribution is 0.110. The number of aliphatic imine (C=N–C) groups is 1. The summed E-state index contributed by atoms with van der Waals surface area (Å²) in [7, 11) is 0. The maximum Gasteiger partial charge on any atom is 0.185 e. The molecule has 1 N–H and O–H groups in total.